The van der Waals surface area contributed by atoms with Crippen LogP contribution in [-0.2, 0) is 4.74 Å². The van der Waals surface area contributed by atoms with Crippen molar-refractivity contribution in [2.75, 3.05) is 12.4 Å². The number of pyridine rings is 1. The van der Waals surface area contributed by atoms with E-state index in [9.17, 15) is 9.59 Å². The van der Waals surface area contributed by atoms with Crippen LogP contribution in [0.25, 0.3) is 22.2 Å². The molecule has 0 aliphatic heterocycles. The van der Waals surface area contributed by atoms with Crippen LogP contribution in [0, 0.1) is 13.8 Å². The van der Waals surface area contributed by atoms with Gasteiger partial charge >= 0.3 is 5.97 Å². The molecule has 31 heavy (non-hydrogen) atoms. The number of para-hydroxylation sites is 1. The number of hydrogen-bond donors (Lipinski definition) is 1. The number of thiazole rings is 1. The molecule has 8 heteroatoms. The van der Waals surface area contributed by atoms with Crippen molar-refractivity contribution in [2.45, 2.75) is 13.8 Å². The molecule has 2 aromatic carbocycles. The molecule has 0 saturated heterocycles. The van der Waals surface area contributed by atoms with Crippen molar-refractivity contribution < 1.29 is 14.3 Å². The fraction of sp³-hybridized carbons (Fsp3) is 0.130. The highest BCUT2D eigenvalue weighted by Gasteiger charge is 2.20. The summed E-state index contributed by atoms with van der Waals surface area (Å²) in [7, 11) is 1.31. The van der Waals surface area contributed by atoms with Crippen LogP contribution in [0.3, 0.4) is 0 Å². The second kappa shape index (κ2) is 8.45. The number of ether oxygens (including phenoxy) is 1. The number of aryl methyl sites for hydroxylation is 2. The number of fused-ring (bicyclic) bond motifs is 1. The van der Waals surface area contributed by atoms with Crippen LogP contribution in [0.15, 0.2) is 48.5 Å². The van der Waals surface area contributed by atoms with E-state index in [1.165, 1.54) is 7.11 Å². The van der Waals surface area contributed by atoms with Crippen molar-refractivity contribution in [1.29, 1.82) is 0 Å². The van der Waals surface area contributed by atoms with Crippen LogP contribution in [0.2, 0.25) is 5.02 Å². The number of nitrogens with zero attached hydrogens (tertiary/aromatic N) is 2. The van der Waals surface area contributed by atoms with E-state index < -0.39 is 5.97 Å². The predicted molar refractivity (Wildman–Crippen MR) is 123 cm³/mol. The zero-order valence-electron chi connectivity index (χ0n) is 17.0. The third-order valence-corrected chi connectivity index (χ3v) is 6.20. The normalized spacial score (nSPS) is 10.8. The van der Waals surface area contributed by atoms with E-state index in [-0.39, 0.29) is 5.91 Å². The number of benzene rings is 2. The van der Waals surface area contributed by atoms with Gasteiger partial charge in [-0.05, 0) is 31.5 Å². The minimum atomic E-state index is -0.488. The number of rotatable bonds is 4. The third kappa shape index (κ3) is 4.02. The number of carbonyl (C=O) groups is 2. The lowest BCUT2D eigenvalue weighted by Crippen LogP contribution is -2.13. The zero-order valence-corrected chi connectivity index (χ0v) is 18.6. The lowest BCUT2D eigenvalue weighted by Gasteiger charge is -2.12. The van der Waals surface area contributed by atoms with Gasteiger partial charge in [0.25, 0.3) is 5.91 Å². The topological polar surface area (TPSA) is 81.2 Å². The number of hydrogen-bond acceptors (Lipinski definition) is 6. The Hall–Kier alpha value is -3.29. The maximum absolute atomic E-state index is 13.2. The van der Waals surface area contributed by atoms with E-state index >= 15 is 0 Å². The lowest BCUT2D eigenvalue weighted by atomic mass is 10.0. The Morgan fingerprint density at radius 2 is 1.84 bits per heavy atom. The molecular weight excluding hydrogens is 434 g/mol. The standard InChI is InChI=1S/C23H18ClN3O3S/c1-12-7-4-5-8-14(12)18-11-16(15-9-6-10-17(24)19(15)26-18)21(28)27-23-25-13(2)20(31-23)22(29)30-3/h4-11H,1-3H3,(H,25,27,28). The average Bonchev–Trinajstić information content (AvgIpc) is 3.13. The Bertz CT molecular complexity index is 1330. The highest BCUT2D eigenvalue weighted by atomic mass is 35.5. The summed E-state index contributed by atoms with van der Waals surface area (Å²) in [5.74, 6) is -0.854. The van der Waals surface area contributed by atoms with Gasteiger partial charge in [-0.15, -0.1) is 0 Å². The second-order valence-electron chi connectivity index (χ2n) is 6.89. The molecule has 4 aromatic rings. The Balaban J connectivity index is 1.81. The molecule has 156 valence electrons. The minimum Gasteiger partial charge on any atom is -0.465 e. The molecule has 2 heterocycles. The van der Waals surface area contributed by atoms with Crippen LogP contribution in [0.4, 0.5) is 5.13 Å². The van der Waals surface area contributed by atoms with Crippen molar-refractivity contribution in [3.63, 3.8) is 0 Å². The van der Waals surface area contributed by atoms with Crippen molar-refractivity contribution in [3.05, 3.63) is 75.3 Å². The number of halogens is 1. The largest absolute Gasteiger partial charge is 0.465 e. The van der Waals surface area contributed by atoms with Gasteiger partial charge in [-0.3, -0.25) is 10.1 Å². The Labute approximate surface area is 187 Å². The quantitative estimate of drug-likeness (QED) is 0.404. The molecular formula is C23H18ClN3O3S. The molecule has 0 bridgehead atoms. The smallest absolute Gasteiger partial charge is 0.350 e. The summed E-state index contributed by atoms with van der Waals surface area (Å²) in [5.41, 5.74) is 4.05. The van der Waals surface area contributed by atoms with Crippen molar-refractivity contribution in [3.8, 4) is 11.3 Å². The second-order valence-corrected chi connectivity index (χ2v) is 8.29. The predicted octanol–water partition coefficient (Wildman–Crippen LogP) is 5.67. The molecule has 2 aromatic heterocycles. The van der Waals surface area contributed by atoms with E-state index in [2.05, 4.69) is 10.3 Å². The fourth-order valence-electron chi connectivity index (χ4n) is 3.30. The first-order valence-corrected chi connectivity index (χ1v) is 10.6. The average molecular weight is 452 g/mol. The van der Waals surface area contributed by atoms with Crippen LogP contribution in [0.5, 0.6) is 0 Å². The third-order valence-electron chi connectivity index (χ3n) is 4.84. The molecule has 0 aliphatic carbocycles. The number of nitrogens with one attached hydrogen (secondary N) is 1. The van der Waals surface area contributed by atoms with Crippen molar-refractivity contribution in [2.24, 2.45) is 0 Å². The fourth-order valence-corrected chi connectivity index (χ4v) is 4.39. The molecule has 1 amide bonds. The Kier molecular flexibility index (Phi) is 5.71. The van der Waals surface area contributed by atoms with Crippen LogP contribution in [-0.4, -0.2) is 29.0 Å². The molecule has 6 nitrogen and oxygen atoms in total. The maximum atomic E-state index is 13.2. The monoisotopic (exact) mass is 451 g/mol. The number of methoxy groups -OCH3 is 1. The highest BCUT2D eigenvalue weighted by Crippen LogP contribution is 2.31. The van der Waals surface area contributed by atoms with E-state index in [0.29, 0.717) is 42.9 Å². The number of amides is 1. The van der Waals surface area contributed by atoms with Gasteiger partial charge in [0, 0.05) is 10.9 Å². The van der Waals surface area contributed by atoms with Gasteiger partial charge in [0.1, 0.15) is 4.88 Å². The van der Waals surface area contributed by atoms with Crippen molar-refractivity contribution in [1.82, 2.24) is 9.97 Å². The van der Waals surface area contributed by atoms with E-state index in [1.54, 1.807) is 31.2 Å². The van der Waals surface area contributed by atoms with E-state index in [4.69, 9.17) is 21.3 Å². The summed E-state index contributed by atoms with van der Waals surface area (Å²) in [5, 5.41) is 4.19. The summed E-state index contributed by atoms with van der Waals surface area (Å²) in [4.78, 5) is 34.4. The summed E-state index contributed by atoms with van der Waals surface area (Å²) >= 11 is 7.48. The number of esters is 1. The summed E-state index contributed by atoms with van der Waals surface area (Å²) in [6.45, 7) is 3.68. The lowest BCUT2D eigenvalue weighted by molar-refractivity contribution is 0.0605. The molecule has 0 spiro atoms. The zero-order chi connectivity index (χ0) is 22.1. The number of aromatic nitrogens is 2. The van der Waals surface area contributed by atoms with Gasteiger partial charge < -0.3 is 4.74 Å². The van der Waals surface area contributed by atoms with Gasteiger partial charge in [0.15, 0.2) is 5.13 Å². The van der Waals surface area contributed by atoms with Gasteiger partial charge in [-0.1, -0.05) is 59.3 Å². The van der Waals surface area contributed by atoms with E-state index in [1.807, 2.05) is 31.2 Å². The summed E-state index contributed by atoms with van der Waals surface area (Å²) < 4.78 is 4.76. The molecule has 0 saturated carbocycles. The minimum absolute atomic E-state index is 0.312. The van der Waals surface area contributed by atoms with Crippen molar-refractivity contribution >= 4 is 50.8 Å². The molecule has 0 radical (unpaired) electrons. The first-order valence-electron chi connectivity index (χ1n) is 9.41. The summed E-state index contributed by atoms with van der Waals surface area (Å²) in [6.07, 6.45) is 0. The Morgan fingerprint density at radius 3 is 2.58 bits per heavy atom. The highest BCUT2D eigenvalue weighted by molar-refractivity contribution is 7.17. The summed E-state index contributed by atoms with van der Waals surface area (Å²) in [6, 6.07) is 14.9. The molecule has 0 aliphatic rings. The van der Waals surface area contributed by atoms with Crippen LogP contribution < -0.4 is 5.32 Å². The number of anilines is 1. The maximum Gasteiger partial charge on any atom is 0.350 e. The van der Waals surface area contributed by atoms with Gasteiger partial charge in [-0.2, -0.15) is 0 Å². The molecule has 1 N–H and O–H groups in total. The van der Waals surface area contributed by atoms with Crippen LogP contribution in [0.1, 0.15) is 31.3 Å². The van der Waals surface area contributed by atoms with Gasteiger partial charge in [-0.25, -0.2) is 14.8 Å². The molecule has 0 fully saturated rings. The van der Waals surface area contributed by atoms with Gasteiger partial charge in [0.05, 0.1) is 34.6 Å². The van der Waals surface area contributed by atoms with Crippen LogP contribution >= 0.6 is 22.9 Å². The van der Waals surface area contributed by atoms with E-state index in [0.717, 1.165) is 22.5 Å². The molecule has 4 rings (SSSR count). The first kappa shape index (κ1) is 21.0. The Morgan fingerprint density at radius 1 is 1.06 bits per heavy atom. The molecule has 0 atom stereocenters. The van der Waals surface area contributed by atoms with Gasteiger partial charge in [0.2, 0.25) is 0 Å². The first-order chi connectivity index (χ1) is 14.9. The molecule has 0 unspecified atom stereocenters. The SMILES string of the molecule is COC(=O)c1sc(NC(=O)c2cc(-c3ccccc3C)nc3c(Cl)cccc23)nc1C. The number of carbonyl (C=O) groups excluding carboxylic acids is 2.